The first-order chi connectivity index (χ1) is 9.04. The van der Waals surface area contributed by atoms with Crippen LogP contribution in [0.15, 0.2) is 24.3 Å². The highest BCUT2D eigenvalue weighted by atomic mass is 16.6. The van der Waals surface area contributed by atoms with Crippen LogP contribution in [0, 0.1) is 23.7 Å². The minimum atomic E-state index is -0.539. The van der Waals surface area contributed by atoms with Gasteiger partial charge in [0.1, 0.15) is 6.10 Å². The van der Waals surface area contributed by atoms with Gasteiger partial charge in [0.2, 0.25) is 0 Å². The van der Waals surface area contributed by atoms with Gasteiger partial charge in [-0.05, 0) is 25.2 Å². The second-order valence-corrected chi connectivity index (χ2v) is 6.03. The van der Waals surface area contributed by atoms with Crippen LogP contribution in [0.1, 0.15) is 19.3 Å². The zero-order valence-electron chi connectivity index (χ0n) is 10.9. The van der Waals surface area contributed by atoms with Crippen molar-refractivity contribution in [3.05, 3.63) is 24.3 Å². The van der Waals surface area contributed by atoms with E-state index in [4.69, 9.17) is 4.74 Å². The number of carbonyl (C=O) groups is 1. The van der Waals surface area contributed by atoms with E-state index in [1.54, 1.807) is 0 Å². The summed E-state index contributed by atoms with van der Waals surface area (Å²) in [6.07, 6.45) is 1.49. The molecule has 2 aliphatic carbocycles. The van der Waals surface area contributed by atoms with Crippen molar-refractivity contribution in [1.82, 2.24) is 0 Å². The molecule has 0 aromatic rings. The van der Waals surface area contributed by atoms with E-state index in [0.29, 0.717) is 12.0 Å². The molecule has 19 heavy (non-hydrogen) atoms. The Morgan fingerprint density at radius 2 is 2.05 bits per heavy atom. The van der Waals surface area contributed by atoms with Gasteiger partial charge in [-0.2, -0.15) is 0 Å². The zero-order chi connectivity index (χ0) is 13.7. The molecule has 2 saturated carbocycles. The first kappa shape index (κ1) is 12.9. The molecule has 0 aromatic carbocycles. The summed E-state index contributed by atoms with van der Waals surface area (Å²) in [6.45, 7) is 7.89. The van der Waals surface area contributed by atoms with Crippen molar-refractivity contribution in [3.63, 3.8) is 0 Å². The lowest BCUT2D eigenvalue weighted by molar-refractivity contribution is -0.143. The van der Waals surface area contributed by atoms with Crippen LogP contribution >= 0.6 is 0 Å². The summed E-state index contributed by atoms with van der Waals surface area (Å²) in [5, 5.41) is 19.7. The monoisotopic (exact) mass is 264 g/mol. The number of hydrogen-bond donors (Lipinski definition) is 2. The highest BCUT2D eigenvalue weighted by Crippen LogP contribution is 2.52. The maximum absolute atomic E-state index is 11.7. The van der Waals surface area contributed by atoms with Crippen LogP contribution in [0.5, 0.6) is 0 Å². The number of allylic oxidation sites excluding steroid dienone is 1. The van der Waals surface area contributed by atoms with Crippen molar-refractivity contribution in [3.8, 4) is 0 Å². The molecular formula is C15H20O4. The number of ether oxygens (including phenoxy) is 1. The van der Waals surface area contributed by atoms with Gasteiger partial charge >= 0.3 is 5.97 Å². The van der Waals surface area contributed by atoms with Gasteiger partial charge in [-0.15, -0.1) is 0 Å². The average Bonchev–Trinajstić information content (AvgIpc) is 2.81. The fourth-order valence-corrected chi connectivity index (χ4v) is 4.14. The van der Waals surface area contributed by atoms with Crippen molar-refractivity contribution in [2.45, 2.75) is 31.5 Å². The molecule has 1 saturated heterocycles. The summed E-state index contributed by atoms with van der Waals surface area (Å²) in [7, 11) is 0. The van der Waals surface area contributed by atoms with Gasteiger partial charge in [-0.1, -0.05) is 18.7 Å². The lowest BCUT2D eigenvalue weighted by Crippen LogP contribution is -2.35. The molecule has 0 amide bonds. The van der Waals surface area contributed by atoms with E-state index in [-0.39, 0.29) is 42.4 Å². The molecule has 6 atom stereocenters. The van der Waals surface area contributed by atoms with Crippen molar-refractivity contribution in [1.29, 1.82) is 0 Å². The number of hydrogen-bond acceptors (Lipinski definition) is 4. The molecular weight excluding hydrogens is 244 g/mol. The molecule has 0 aromatic heterocycles. The molecule has 0 spiro atoms. The quantitative estimate of drug-likeness (QED) is 0.422. The maximum Gasteiger partial charge on any atom is 0.334 e. The molecule has 0 radical (unpaired) electrons. The summed E-state index contributed by atoms with van der Waals surface area (Å²) in [5.41, 5.74) is 1.65. The smallest absolute Gasteiger partial charge is 0.334 e. The minimum absolute atomic E-state index is 0.0126. The number of rotatable bonds is 1. The third kappa shape index (κ3) is 1.77. The van der Waals surface area contributed by atoms with Gasteiger partial charge in [0.05, 0.1) is 6.10 Å². The molecule has 1 aliphatic heterocycles. The number of fused-ring (bicyclic) bond motifs is 3. The number of aliphatic hydroxyl groups excluding tert-OH is 2. The van der Waals surface area contributed by atoms with Gasteiger partial charge in [-0.25, -0.2) is 4.79 Å². The Morgan fingerprint density at radius 3 is 2.74 bits per heavy atom. The average molecular weight is 264 g/mol. The Kier molecular flexibility index (Phi) is 3.02. The molecule has 4 heteroatoms. The summed E-state index contributed by atoms with van der Waals surface area (Å²) in [6, 6.07) is 0. The standard InChI is InChI=1S/C15H20O4/c1-7-3-4-9-8(2)15(18)19-14(9)13-10(7)5-12(17)11(13)6-16/h9-14,16-17H,1-6H2/t9-,10-,11?,12+,13+,14-/m0/s1. The fraction of sp³-hybridized carbons (Fsp3) is 0.667. The topological polar surface area (TPSA) is 66.8 Å². The summed E-state index contributed by atoms with van der Waals surface area (Å²) >= 11 is 0. The van der Waals surface area contributed by atoms with E-state index in [9.17, 15) is 15.0 Å². The third-order valence-electron chi connectivity index (χ3n) is 5.19. The highest BCUT2D eigenvalue weighted by molar-refractivity contribution is 5.90. The summed E-state index contributed by atoms with van der Waals surface area (Å²) < 4.78 is 5.50. The van der Waals surface area contributed by atoms with Crippen LogP contribution in [0.3, 0.4) is 0 Å². The largest absolute Gasteiger partial charge is 0.458 e. The van der Waals surface area contributed by atoms with E-state index < -0.39 is 6.10 Å². The zero-order valence-corrected chi connectivity index (χ0v) is 10.9. The predicted molar refractivity (Wildman–Crippen MR) is 69.1 cm³/mol. The van der Waals surface area contributed by atoms with Crippen LogP contribution in [0.25, 0.3) is 0 Å². The Labute approximate surface area is 112 Å². The van der Waals surface area contributed by atoms with Crippen molar-refractivity contribution < 1.29 is 19.7 Å². The molecule has 4 nitrogen and oxygen atoms in total. The first-order valence-corrected chi connectivity index (χ1v) is 6.91. The first-order valence-electron chi connectivity index (χ1n) is 6.91. The molecule has 3 aliphatic rings. The van der Waals surface area contributed by atoms with Crippen LogP contribution in [-0.4, -0.2) is 35.0 Å². The second-order valence-electron chi connectivity index (χ2n) is 6.03. The molecule has 1 unspecified atom stereocenters. The van der Waals surface area contributed by atoms with Gasteiger partial charge < -0.3 is 14.9 Å². The van der Waals surface area contributed by atoms with E-state index in [0.717, 1.165) is 18.4 Å². The fourth-order valence-electron chi connectivity index (χ4n) is 4.14. The van der Waals surface area contributed by atoms with Crippen LogP contribution < -0.4 is 0 Å². The molecule has 2 N–H and O–H groups in total. The minimum Gasteiger partial charge on any atom is -0.458 e. The van der Waals surface area contributed by atoms with Gasteiger partial charge in [-0.3, -0.25) is 0 Å². The Bertz CT molecular complexity index is 441. The van der Waals surface area contributed by atoms with E-state index in [1.165, 1.54) is 0 Å². The molecule has 0 bridgehead atoms. The van der Waals surface area contributed by atoms with Crippen LogP contribution in [0.2, 0.25) is 0 Å². The van der Waals surface area contributed by atoms with E-state index in [2.05, 4.69) is 13.2 Å². The molecule has 1 heterocycles. The van der Waals surface area contributed by atoms with Gasteiger partial charge in [0.15, 0.2) is 0 Å². The van der Waals surface area contributed by atoms with E-state index in [1.807, 2.05) is 0 Å². The highest BCUT2D eigenvalue weighted by Gasteiger charge is 2.55. The second kappa shape index (κ2) is 4.46. The molecule has 3 fully saturated rings. The molecule has 104 valence electrons. The van der Waals surface area contributed by atoms with Crippen molar-refractivity contribution in [2.24, 2.45) is 23.7 Å². The lowest BCUT2D eigenvalue weighted by atomic mass is 9.79. The lowest BCUT2D eigenvalue weighted by Gasteiger charge is -2.29. The Hall–Kier alpha value is -1.13. The van der Waals surface area contributed by atoms with Crippen molar-refractivity contribution >= 4 is 5.97 Å². The van der Waals surface area contributed by atoms with Crippen molar-refractivity contribution in [2.75, 3.05) is 6.61 Å². The number of esters is 1. The van der Waals surface area contributed by atoms with Crippen LogP contribution in [0.4, 0.5) is 0 Å². The van der Waals surface area contributed by atoms with Gasteiger partial charge in [0, 0.05) is 29.9 Å². The third-order valence-corrected chi connectivity index (χ3v) is 5.19. The summed E-state index contributed by atoms with van der Waals surface area (Å²) in [5.74, 6) is -0.423. The molecule has 3 rings (SSSR count). The van der Waals surface area contributed by atoms with E-state index >= 15 is 0 Å². The Balaban J connectivity index is 1.99. The van der Waals surface area contributed by atoms with Crippen LogP contribution in [-0.2, 0) is 9.53 Å². The predicted octanol–water partition coefficient (Wildman–Crippen LogP) is 1.04. The summed E-state index contributed by atoms with van der Waals surface area (Å²) in [4.78, 5) is 11.7. The maximum atomic E-state index is 11.7. The number of aliphatic hydroxyl groups is 2. The normalized spacial score (nSPS) is 45.7. The Morgan fingerprint density at radius 1 is 1.32 bits per heavy atom. The number of carbonyl (C=O) groups excluding carboxylic acids is 1. The SMILES string of the molecule is C=C1C(=O)O[C@@H]2[C@H]3C(CO)[C@H](O)C[C@H]3C(=C)CC[C@@H]12. The van der Waals surface area contributed by atoms with Gasteiger partial charge in [0.25, 0.3) is 0 Å².